The Morgan fingerprint density at radius 2 is 2.13 bits per heavy atom. The van der Waals surface area contributed by atoms with Gasteiger partial charge >= 0.3 is 0 Å². The summed E-state index contributed by atoms with van der Waals surface area (Å²) in [5.41, 5.74) is 1.11. The molecule has 122 valence electrons. The zero-order valence-corrected chi connectivity index (χ0v) is 14.3. The highest BCUT2D eigenvalue weighted by atomic mass is 32.2. The number of aromatic nitrogens is 2. The number of rotatable bonds is 6. The molecule has 1 aromatic carbocycles. The molecule has 0 atom stereocenters. The molecule has 0 radical (unpaired) electrons. The van der Waals surface area contributed by atoms with Gasteiger partial charge in [-0.1, -0.05) is 29.2 Å². The predicted octanol–water partition coefficient (Wildman–Crippen LogP) is 2.07. The minimum Gasteiger partial charge on any atom is -0.486 e. The molecule has 3 rings (SSSR count). The first-order chi connectivity index (χ1) is 11.2. The van der Waals surface area contributed by atoms with E-state index in [1.807, 2.05) is 25.1 Å². The summed E-state index contributed by atoms with van der Waals surface area (Å²) in [6.07, 6.45) is 0.755. The van der Waals surface area contributed by atoms with Gasteiger partial charge in [0.05, 0.1) is 5.75 Å². The van der Waals surface area contributed by atoms with E-state index in [4.69, 9.17) is 9.47 Å². The van der Waals surface area contributed by atoms with Crippen LogP contribution >= 0.6 is 23.1 Å². The van der Waals surface area contributed by atoms with Crippen LogP contribution in [0.3, 0.4) is 0 Å². The number of amides is 1. The van der Waals surface area contributed by atoms with Crippen LogP contribution in [0.15, 0.2) is 22.5 Å². The number of fused-ring (bicyclic) bond motifs is 1. The lowest BCUT2D eigenvalue weighted by Crippen LogP contribution is -2.27. The summed E-state index contributed by atoms with van der Waals surface area (Å²) in [6, 6.07) is 5.89. The number of nitrogens with one attached hydrogen (secondary N) is 1. The van der Waals surface area contributed by atoms with E-state index in [2.05, 4.69) is 15.5 Å². The molecule has 1 aromatic heterocycles. The Morgan fingerprint density at radius 3 is 2.91 bits per heavy atom. The van der Waals surface area contributed by atoms with Crippen LogP contribution in [0.1, 0.15) is 10.6 Å². The number of nitrogens with zero attached hydrogens (tertiary/aromatic N) is 2. The van der Waals surface area contributed by atoms with E-state index < -0.39 is 0 Å². The number of aryl methyl sites for hydroxylation is 1. The van der Waals surface area contributed by atoms with Gasteiger partial charge in [0.1, 0.15) is 18.2 Å². The molecule has 1 N–H and O–H groups in total. The highest BCUT2D eigenvalue weighted by Gasteiger charge is 2.12. The highest BCUT2D eigenvalue weighted by Crippen LogP contribution is 2.30. The van der Waals surface area contributed by atoms with Crippen molar-refractivity contribution in [1.29, 1.82) is 0 Å². The van der Waals surface area contributed by atoms with E-state index in [0.717, 1.165) is 32.8 Å². The van der Waals surface area contributed by atoms with Crippen LogP contribution in [0.25, 0.3) is 0 Å². The van der Waals surface area contributed by atoms with Crippen LogP contribution in [-0.2, 0) is 11.2 Å². The molecule has 0 bridgehead atoms. The van der Waals surface area contributed by atoms with Gasteiger partial charge in [0.25, 0.3) is 0 Å². The van der Waals surface area contributed by atoms with Crippen molar-refractivity contribution in [2.24, 2.45) is 0 Å². The molecular weight excluding hydrogens is 334 g/mol. The molecule has 1 aliphatic rings. The number of hydrogen-bond donors (Lipinski definition) is 1. The zero-order valence-electron chi connectivity index (χ0n) is 12.7. The first-order valence-electron chi connectivity index (χ1n) is 7.29. The quantitative estimate of drug-likeness (QED) is 0.803. The number of carbonyl (C=O) groups excluding carboxylic acids is 1. The summed E-state index contributed by atoms with van der Waals surface area (Å²) in [5, 5.41) is 11.7. The van der Waals surface area contributed by atoms with E-state index in [1.54, 1.807) is 0 Å². The monoisotopic (exact) mass is 351 g/mol. The number of ether oxygens (including phenoxy) is 2. The summed E-state index contributed by atoms with van der Waals surface area (Å²) in [6.45, 7) is 3.66. The fourth-order valence-electron chi connectivity index (χ4n) is 2.10. The standard InChI is InChI=1S/C15H17N3O3S2/c1-10-17-18-15(23-10)22-9-14(19)16-5-4-11-2-3-12-13(8-11)21-7-6-20-12/h2-3,8H,4-7,9H2,1H3,(H,16,19). The van der Waals surface area contributed by atoms with Crippen LogP contribution in [-0.4, -0.2) is 41.6 Å². The molecule has 1 aliphatic heterocycles. The molecule has 1 amide bonds. The molecule has 8 heteroatoms. The van der Waals surface area contributed by atoms with Crippen molar-refractivity contribution in [3.63, 3.8) is 0 Å². The molecule has 0 spiro atoms. The molecule has 0 unspecified atom stereocenters. The van der Waals surface area contributed by atoms with Crippen molar-refractivity contribution in [3.05, 3.63) is 28.8 Å². The molecule has 0 fully saturated rings. The Balaban J connectivity index is 1.41. The molecule has 0 aliphatic carbocycles. The van der Waals surface area contributed by atoms with Gasteiger partial charge in [-0.2, -0.15) is 0 Å². The summed E-state index contributed by atoms with van der Waals surface area (Å²) in [4.78, 5) is 11.8. The number of thioether (sulfide) groups is 1. The van der Waals surface area contributed by atoms with Crippen molar-refractivity contribution < 1.29 is 14.3 Å². The van der Waals surface area contributed by atoms with E-state index in [-0.39, 0.29) is 5.91 Å². The molecule has 0 saturated heterocycles. The third kappa shape index (κ3) is 4.59. The molecule has 2 aromatic rings. The summed E-state index contributed by atoms with van der Waals surface area (Å²) >= 11 is 2.91. The van der Waals surface area contributed by atoms with Gasteiger partial charge in [-0.05, 0) is 31.0 Å². The second-order valence-corrected chi connectivity index (χ2v) is 7.36. The lowest BCUT2D eigenvalue weighted by atomic mass is 10.1. The van der Waals surface area contributed by atoms with Gasteiger partial charge < -0.3 is 14.8 Å². The Kier molecular flexibility index (Phi) is 5.35. The zero-order chi connectivity index (χ0) is 16.1. The lowest BCUT2D eigenvalue weighted by Gasteiger charge is -2.18. The highest BCUT2D eigenvalue weighted by molar-refractivity contribution is 8.01. The van der Waals surface area contributed by atoms with Gasteiger partial charge in [0, 0.05) is 6.54 Å². The molecule has 23 heavy (non-hydrogen) atoms. The first-order valence-corrected chi connectivity index (χ1v) is 9.09. The van der Waals surface area contributed by atoms with Gasteiger partial charge in [-0.15, -0.1) is 10.2 Å². The SMILES string of the molecule is Cc1nnc(SCC(=O)NCCc2ccc3c(c2)OCCO3)s1. The minimum absolute atomic E-state index is 0.000367. The van der Waals surface area contributed by atoms with Crippen LogP contribution in [0.4, 0.5) is 0 Å². The molecular formula is C15H17N3O3S2. The largest absolute Gasteiger partial charge is 0.486 e. The maximum absolute atomic E-state index is 11.8. The summed E-state index contributed by atoms with van der Waals surface area (Å²) < 4.78 is 11.9. The van der Waals surface area contributed by atoms with Crippen molar-refractivity contribution in [3.8, 4) is 11.5 Å². The van der Waals surface area contributed by atoms with Gasteiger partial charge in [-0.25, -0.2) is 0 Å². The number of benzene rings is 1. The predicted molar refractivity (Wildman–Crippen MR) is 89.5 cm³/mol. The normalized spacial score (nSPS) is 12.9. The van der Waals surface area contributed by atoms with E-state index in [1.165, 1.54) is 23.1 Å². The van der Waals surface area contributed by atoms with Gasteiger partial charge in [0.15, 0.2) is 15.8 Å². The van der Waals surface area contributed by atoms with Crippen LogP contribution in [0.5, 0.6) is 11.5 Å². The number of carbonyl (C=O) groups is 1. The second-order valence-electron chi connectivity index (χ2n) is 4.95. The number of hydrogen-bond acceptors (Lipinski definition) is 7. The third-order valence-corrected chi connectivity index (χ3v) is 5.15. The Morgan fingerprint density at radius 1 is 1.30 bits per heavy atom. The van der Waals surface area contributed by atoms with Crippen molar-refractivity contribution in [2.45, 2.75) is 17.7 Å². The topological polar surface area (TPSA) is 73.3 Å². The Hall–Kier alpha value is -1.80. The molecule has 6 nitrogen and oxygen atoms in total. The minimum atomic E-state index is 0.000367. The maximum Gasteiger partial charge on any atom is 0.230 e. The lowest BCUT2D eigenvalue weighted by molar-refractivity contribution is -0.118. The van der Waals surface area contributed by atoms with E-state index >= 15 is 0 Å². The van der Waals surface area contributed by atoms with Crippen molar-refractivity contribution in [1.82, 2.24) is 15.5 Å². The summed E-state index contributed by atoms with van der Waals surface area (Å²) in [7, 11) is 0. The van der Waals surface area contributed by atoms with E-state index in [9.17, 15) is 4.79 Å². The maximum atomic E-state index is 11.8. The van der Waals surface area contributed by atoms with E-state index in [0.29, 0.717) is 25.5 Å². The van der Waals surface area contributed by atoms with Crippen molar-refractivity contribution in [2.75, 3.05) is 25.5 Å². The average Bonchev–Trinajstić information content (AvgIpc) is 2.98. The Labute approximate surface area is 142 Å². The van der Waals surface area contributed by atoms with Crippen LogP contribution < -0.4 is 14.8 Å². The third-order valence-electron chi connectivity index (χ3n) is 3.18. The second kappa shape index (κ2) is 7.65. The van der Waals surface area contributed by atoms with Crippen molar-refractivity contribution >= 4 is 29.0 Å². The van der Waals surface area contributed by atoms with Gasteiger partial charge in [0.2, 0.25) is 5.91 Å². The smallest absolute Gasteiger partial charge is 0.230 e. The Bertz CT molecular complexity index is 690. The van der Waals surface area contributed by atoms with Crippen LogP contribution in [0.2, 0.25) is 0 Å². The average molecular weight is 351 g/mol. The van der Waals surface area contributed by atoms with Crippen LogP contribution in [0, 0.1) is 6.92 Å². The first kappa shape index (κ1) is 16.1. The van der Waals surface area contributed by atoms with Gasteiger partial charge in [-0.3, -0.25) is 4.79 Å². The molecule has 2 heterocycles. The molecule has 0 saturated carbocycles. The summed E-state index contributed by atoms with van der Waals surface area (Å²) in [5.74, 6) is 1.92. The fraction of sp³-hybridized carbons (Fsp3) is 0.400. The fourth-order valence-corrected chi connectivity index (χ4v) is 3.75.